The van der Waals surface area contributed by atoms with E-state index in [0.717, 1.165) is 12.8 Å². The first-order valence-corrected chi connectivity index (χ1v) is 7.07. The number of halogens is 1. The molecule has 0 amide bonds. The van der Waals surface area contributed by atoms with E-state index in [1.165, 1.54) is 12.1 Å². The molecule has 0 radical (unpaired) electrons. The highest BCUT2D eigenvalue weighted by atomic mass is 35.5. The van der Waals surface area contributed by atoms with Gasteiger partial charge < -0.3 is 10.7 Å². The van der Waals surface area contributed by atoms with Crippen molar-refractivity contribution in [2.75, 3.05) is 0 Å². The van der Waals surface area contributed by atoms with Crippen molar-refractivity contribution in [2.45, 2.75) is 32.2 Å². The first-order valence-electron chi connectivity index (χ1n) is 6.70. The summed E-state index contributed by atoms with van der Waals surface area (Å²) >= 11 is 5.81. The average molecular weight is 309 g/mol. The van der Waals surface area contributed by atoms with Crippen LogP contribution in [0.4, 0.5) is 5.69 Å². The molecule has 0 saturated heterocycles. The molecule has 0 atom stereocenters. The Bertz CT molecular complexity index is 665. The maximum Gasteiger partial charge on any atom is 0.288 e. The van der Waals surface area contributed by atoms with Crippen molar-refractivity contribution >= 4 is 17.3 Å². The third-order valence-corrected chi connectivity index (χ3v) is 4.08. The van der Waals surface area contributed by atoms with Gasteiger partial charge in [0.25, 0.3) is 5.69 Å². The summed E-state index contributed by atoms with van der Waals surface area (Å²) < 4.78 is 0. The second-order valence-corrected chi connectivity index (χ2v) is 5.34. The Balaban J connectivity index is 2.43. The lowest BCUT2D eigenvalue weighted by atomic mass is 9.93. The first-order chi connectivity index (χ1) is 9.91. The molecule has 0 unspecified atom stereocenters. The van der Waals surface area contributed by atoms with Crippen LogP contribution in [-0.4, -0.2) is 14.9 Å². The van der Waals surface area contributed by atoms with Gasteiger partial charge in [0, 0.05) is 11.6 Å². The normalized spacial score (nSPS) is 11.6. The molecule has 1 aromatic heterocycles. The van der Waals surface area contributed by atoms with Crippen LogP contribution >= 0.6 is 11.6 Å². The third-order valence-electron chi connectivity index (χ3n) is 3.76. The fourth-order valence-corrected chi connectivity index (χ4v) is 2.31. The molecule has 112 valence electrons. The van der Waals surface area contributed by atoms with Crippen LogP contribution in [0.2, 0.25) is 5.02 Å². The minimum Gasteiger partial charge on any atom is -0.340 e. The molecular weight excluding hydrogens is 292 g/mol. The summed E-state index contributed by atoms with van der Waals surface area (Å²) in [6.07, 6.45) is 3.13. The molecule has 21 heavy (non-hydrogen) atoms. The number of nitrogens with two attached hydrogens (primary N) is 1. The highest BCUT2D eigenvalue weighted by Crippen LogP contribution is 2.31. The molecule has 7 heteroatoms. The predicted octanol–water partition coefficient (Wildman–Crippen LogP) is 3.61. The van der Waals surface area contributed by atoms with Gasteiger partial charge in [0.15, 0.2) is 0 Å². The average Bonchev–Trinajstić information content (AvgIpc) is 2.97. The van der Waals surface area contributed by atoms with Crippen molar-refractivity contribution in [3.8, 4) is 11.3 Å². The zero-order valence-corrected chi connectivity index (χ0v) is 12.6. The van der Waals surface area contributed by atoms with Crippen molar-refractivity contribution in [3.05, 3.63) is 45.4 Å². The predicted molar refractivity (Wildman–Crippen MR) is 82.1 cm³/mol. The minimum atomic E-state index is -0.517. The summed E-state index contributed by atoms with van der Waals surface area (Å²) in [7, 11) is 0. The van der Waals surface area contributed by atoms with Crippen LogP contribution in [-0.2, 0) is 5.54 Å². The van der Waals surface area contributed by atoms with E-state index in [4.69, 9.17) is 17.3 Å². The summed E-state index contributed by atoms with van der Waals surface area (Å²) in [5, 5.41) is 11.0. The molecule has 6 nitrogen and oxygen atoms in total. The third kappa shape index (κ3) is 2.91. The molecular formula is C14H17ClN4O2. The SMILES string of the molecule is CCC(N)(CC)c1ncc(-c2ccc(Cl)c([N+](=O)[O-])c2)[nH]1. The number of hydrogen-bond acceptors (Lipinski definition) is 4. The Morgan fingerprint density at radius 2 is 2.10 bits per heavy atom. The Kier molecular flexibility index (Phi) is 4.29. The Hall–Kier alpha value is -1.92. The molecule has 2 aromatic rings. The van der Waals surface area contributed by atoms with Gasteiger partial charge >= 0.3 is 0 Å². The summed E-state index contributed by atoms with van der Waals surface area (Å²) in [5.74, 6) is 0.681. The fourth-order valence-electron chi connectivity index (χ4n) is 2.13. The van der Waals surface area contributed by atoms with Crippen LogP contribution in [0, 0.1) is 10.1 Å². The molecule has 0 saturated carbocycles. The first kappa shape index (κ1) is 15.5. The molecule has 0 aliphatic heterocycles. The van der Waals surface area contributed by atoms with E-state index in [1.807, 2.05) is 13.8 Å². The van der Waals surface area contributed by atoms with E-state index in [9.17, 15) is 10.1 Å². The van der Waals surface area contributed by atoms with Crippen LogP contribution < -0.4 is 5.73 Å². The zero-order valence-electron chi connectivity index (χ0n) is 11.9. The number of rotatable bonds is 5. The van der Waals surface area contributed by atoms with Gasteiger partial charge in [-0.1, -0.05) is 31.5 Å². The van der Waals surface area contributed by atoms with Gasteiger partial charge in [0.05, 0.1) is 22.4 Å². The van der Waals surface area contributed by atoms with Crippen molar-refractivity contribution in [1.82, 2.24) is 9.97 Å². The number of nitrogens with one attached hydrogen (secondary N) is 1. The number of nitro groups is 1. The number of nitro benzene ring substituents is 1. The number of H-pyrrole nitrogens is 1. The fraction of sp³-hybridized carbons (Fsp3) is 0.357. The second kappa shape index (κ2) is 5.83. The van der Waals surface area contributed by atoms with Crippen molar-refractivity contribution in [2.24, 2.45) is 5.73 Å². The molecule has 2 rings (SSSR count). The van der Waals surface area contributed by atoms with E-state index in [1.54, 1.807) is 12.3 Å². The Labute approximate surface area is 127 Å². The lowest BCUT2D eigenvalue weighted by Crippen LogP contribution is -2.36. The molecule has 1 aromatic carbocycles. The van der Waals surface area contributed by atoms with Crippen LogP contribution in [0.5, 0.6) is 0 Å². The van der Waals surface area contributed by atoms with Gasteiger partial charge in [0.1, 0.15) is 10.8 Å². The van der Waals surface area contributed by atoms with Gasteiger partial charge in [0.2, 0.25) is 0 Å². The largest absolute Gasteiger partial charge is 0.340 e. The van der Waals surface area contributed by atoms with Crippen LogP contribution in [0.1, 0.15) is 32.5 Å². The van der Waals surface area contributed by atoms with Gasteiger partial charge in [-0.15, -0.1) is 0 Å². The molecule has 0 aliphatic rings. The quantitative estimate of drug-likeness (QED) is 0.651. The summed E-state index contributed by atoms with van der Waals surface area (Å²) in [6, 6.07) is 4.64. The van der Waals surface area contributed by atoms with Crippen molar-refractivity contribution < 1.29 is 4.92 Å². The number of aromatic nitrogens is 2. The summed E-state index contributed by atoms with van der Waals surface area (Å²) in [5.41, 5.74) is 6.98. The van der Waals surface area contributed by atoms with E-state index in [0.29, 0.717) is 17.1 Å². The van der Waals surface area contributed by atoms with Crippen molar-refractivity contribution in [3.63, 3.8) is 0 Å². The van der Waals surface area contributed by atoms with Crippen LogP contribution in [0.25, 0.3) is 11.3 Å². The highest BCUT2D eigenvalue weighted by molar-refractivity contribution is 6.32. The maximum absolute atomic E-state index is 10.9. The number of hydrogen-bond donors (Lipinski definition) is 2. The molecule has 1 heterocycles. The lowest BCUT2D eigenvalue weighted by molar-refractivity contribution is -0.384. The van der Waals surface area contributed by atoms with Crippen molar-refractivity contribution in [1.29, 1.82) is 0 Å². The Morgan fingerprint density at radius 1 is 1.43 bits per heavy atom. The zero-order chi connectivity index (χ0) is 15.6. The van der Waals surface area contributed by atoms with E-state index in [2.05, 4.69) is 9.97 Å². The topological polar surface area (TPSA) is 97.8 Å². The van der Waals surface area contributed by atoms with Gasteiger partial charge in [-0.25, -0.2) is 4.98 Å². The maximum atomic E-state index is 10.9. The molecule has 3 N–H and O–H groups in total. The van der Waals surface area contributed by atoms with E-state index in [-0.39, 0.29) is 10.7 Å². The lowest BCUT2D eigenvalue weighted by Gasteiger charge is -2.23. The number of aromatic amines is 1. The van der Waals surface area contributed by atoms with Crippen LogP contribution in [0.15, 0.2) is 24.4 Å². The highest BCUT2D eigenvalue weighted by Gasteiger charge is 2.26. The van der Waals surface area contributed by atoms with Gasteiger partial charge in [-0.3, -0.25) is 10.1 Å². The van der Waals surface area contributed by atoms with E-state index < -0.39 is 10.5 Å². The summed E-state index contributed by atoms with van der Waals surface area (Å²) in [6.45, 7) is 4.00. The standard InChI is InChI=1S/C14H17ClN4O2/c1-3-14(16,4-2)13-17-8-11(18-13)9-5-6-10(15)12(7-9)19(20)21/h5-8H,3-4,16H2,1-2H3,(H,17,18). The Morgan fingerprint density at radius 3 is 2.67 bits per heavy atom. The molecule has 0 aliphatic carbocycles. The molecule has 0 bridgehead atoms. The second-order valence-electron chi connectivity index (χ2n) is 4.93. The van der Waals surface area contributed by atoms with Gasteiger partial charge in [-0.05, 0) is 18.9 Å². The smallest absolute Gasteiger partial charge is 0.288 e. The molecule has 0 fully saturated rings. The number of benzene rings is 1. The van der Waals surface area contributed by atoms with E-state index >= 15 is 0 Å². The number of nitrogens with zero attached hydrogens (tertiary/aromatic N) is 2. The summed E-state index contributed by atoms with van der Waals surface area (Å²) in [4.78, 5) is 17.9. The molecule has 0 spiro atoms. The number of imidazole rings is 1. The minimum absolute atomic E-state index is 0.110. The van der Waals surface area contributed by atoms with Gasteiger partial charge in [-0.2, -0.15) is 0 Å². The van der Waals surface area contributed by atoms with Crippen LogP contribution in [0.3, 0.4) is 0 Å². The monoisotopic (exact) mass is 308 g/mol.